The third-order valence-electron chi connectivity index (χ3n) is 4.78. The van der Waals surface area contributed by atoms with E-state index >= 15 is 0 Å². The summed E-state index contributed by atoms with van der Waals surface area (Å²) < 4.78 is 39.4. The number of carbonyl (C=O) groups excluding carboxylic acids is 2. The molecule has 9 heteroatoms. The fourth-order valence-corrected chi connectivity index (χ4v) is 4.36. The Hall–Kier alpha value is -2.81. The molecule has 1 aliphatic heterocycles. The molecular weight excluding hydrogens is 427 g/mol. The van der Waals surface area contributed by atoms with E-state index in [2.05, 4.69) is 10.3 Å². The number of nitrogens with one attached hydrogen (secondary N) is 1. The second-order valence-corrected chi connectivity index (χ2v) is 8.07. The first-order chi connectivity index (χ1) is 14.7. The largest absolute Gasteiger partial charge is 0.418 e. The van der Waals surface area contributed by atoms with Gasteiger partial charge in [-0.2, -0.15) is 13.2 Å². The number of aryl methyl sites for hydroxylation is 1. The van der Waals surface area contributed by atoms with Crippen LogP contribution in [-0.4, -0.2) is 33.7 Å². The van der Waals surface area contributed by atoms with Crippen LogP contribution >= 0.6 is 11.8 Å². The number of hydrogen-bond donors (Lipinski definition) is 1. The van der Waals surface area contributed by atoms with Crippen molar-refractivity contribution in [3.63, 3.8) is 0 Å². The smallest absolute Gasteiger partial charge is 0.325 e. The lowest BCUT2D eigenvalue weighted by atomic mass is 10.1. The Balaban J connectivity index is 1.73. The Morgan fingerprint density at radius 2 is 1.81 bits per heavy atom. The number of amidine groups is 1. The molecule has 3 rings (SSSR count). The van der Waals surface area contributed by atoms with E-state index in [9.17, 15) is 22.8 Å². The van der Waals surface area contributed by atoms with Crippen LogP contribution in [0, 0.1) is 0 Å². The number of para-hydroxylation sites is 1. The molecule has 1 atom stereocenters. The van der Waals surface area contributed by atoms with Crippen LogP contribution in [-0.2, 0) is 22.2 Å². The molecule has 2 aromatic rings. The number of nitrogens with zero attached hydrogens (tertiary/aromatic N) is 2. The molecule has 2 aromatic carbocycles. The molecule has 0 aliphatic carbocycles. The Morgan fingerprint density at radius 3 is 2.42 bits per heavy atom. The number of alkyl halides is 3. The topological polar surface area (TPSA) is 61.8 Å². The maximum absolute atomic E-state index is 13.1. The van der Waals surface area contributed by atoms with Crippen LogP contribution in [0.2, 0.25) is 0 Å². The average Bonchev–Trinajstić information content (AvgIpc) is 3.02. The molecule has 0 unspecified atom stereocenters. The molecule has 0 saturated carbocycles. The first kappa shape index (κ1) is 22.9. The molecule has 2 amide bonds. The zero-order chi connectivity index (χ0) is 22.6. The number of benzene rings is 2. The minimum absolute atomic E-state index is 0.250. The van der Waals surface area contributed by atoms with E-state index < -0.39 is 22.9 Å². The zero-order valence-corrected chi connectivity index (χ0v) is 17.9. The fraction of sp³-hybridized carbons (Fsp3) is 0.318. The van der Waals surface area contributed by atoms with Crippen molar-refractivity contribution >= 4 is 40.1 Å². The summed E-state index contributed by atoms with van der Waals surface area (Å²) in [6, 6.07) is 12.4. The van der Waals surface area contributed by atoms with Gasteiger partial charge in [-0.05, 0) is 43.2 Å². The van der Waals surface area contributed by atoms with Gasteiger partial charge in [0.2, 0.25) is 11.8 Å². The van der Waals surface area contributed by atoms with Crippen molar-refractivity contribution in [2.24, 2.45) is 4.99 Å². The lowest BCUT2D eigenvalue weighted by Crippen LogP contribution is -2.33. The van der Waals surface area contributed by atoms with E-state index in [4.69, 9.17) is 0 Å². The van der Waals surface area contributed by atoms with Crippen LogP contribution in [0.3, 0.4) is 0 Å². The SMILES string of the molecule is CCc1ccc(N=C2S[C@H](CC(=O)Nc3ccccc3C(F)(F)F)C(=O)N2CC)cc1. The molecule has 0 spiro atoms. The van der Waals surface area contributed by atoms with E-state index in [1.54, 1.807) is 6.92 Å². The van der Waals surface area contributed by atoms with Gasteiger partial charge in [0.05, 0.1) is 16.9 Å². The van der Waals surface area contributed by atoms with E-state index in [0.717, 1.165) is 24.2 Å². The number of halogens is 3. The van der Waals surface area contributed by atoms with Gasteiger partial charge in [0.1, 0.15) is 5.25 Å². The Morgan fingerprint density at radius 1 is 1.13 bits per heavy atom. The van der Waals surface area contributed by atoms with Crippen molar-refractivity contribution in [1.29, 1.82) is 0 Å². The maximum atomic E-state index is 13.1. The molecule has 164 valence electrons. The molecule has 1 N–H and O–H groups in total. The highest BCUT2D eigenvalue weighted by Crippen LogP contribution is 2.35. The lowest BCUT2D eigenvalue weighted by molar-refractivity contribution is -0.137. The van der Waals surface area contributed by atoms with Crippen LogP contribution in [0.4, 0.5) is 24.5 Å². The molecule has 1 saturated heterocycles. The van der Waals surface area contributed by atoms with Crippen LogP contribution < -0.4 is 5.32 Å². The minimum atomic E-state index is -4.59. The van der Waals surface area contributed by atoms with Crippen molar-refractivity contribution in [2.75, 3.05) is 11.9 Å². The summed E-state index contributed by atoms with van der Waals surface area (Å²) in [5.74, 6) is -0.942. The van der Waals surface area contributed by atoms with Gasteiger partial charge in [-0.15, -0.1) is 0 Å². The summed E-state index contributed by atoms with van der Waals surface area (Å²) in [7, 11) is 0. The molecule has 0 bridgehead atoms. The summed E-state index contributed by atoms with van der Waals surface area (Å²) in [6.45, 7) is 4.23. The third kappa shape index (κ3) is 5.46. The van der Waals surface area contributed by atoms with Gasteiger partial charge in [-0.3, -0.25) is 14.5 Å². The Kier molecular flexibility index (Phi) is 7.04. The molecule has 1 fully saturated rings. The van der Waals surface area contributed by atoms with Gasteiger partial charge in [-0.25, -0.2) is 4.99 Å². The second kappa shape index (κ2) is 9.55. The van der Waals surface area contributed by atoms with E-state index in [1.165, 1.54) is 28.7 Å². The highest BCUT2D eigenvalue weighted by molar-refractivity contribution is 8.15. The summed E-state index contributed by atoms with van der Waals surface area (Å²) in [4.78, 5) is 31.2. The van der Waals surface area contributed by atoms with Crippen LogP contribution in [0.25, 0.3) is 0 Å². The maximum Gasteiger partial charge on any atom is 0.418 e. The number of anilines is 1. The van der Waals surface area contributed by atoms with Crippen LogP contribution in [0.1, 0.15) is 31.4 Å². The fourth-order valence-electron chi connectivity index (χ4n) is 3.14. The molecule has 31 heavy (non-hydrogen) atoms. The van der Waals surface area contributed by atoms with Gasteiger partial charge in [0, 0.05) is 13.0 Å². The predicted molar refractivity (Wildman–Crippen MR) is 116 cm³/mol. The Bertz CT molecular complexity index is 990. The highest BCUT2D eigenvalue weighted by Gasteiger charge is 2.39. The first-order valence-corrected chi connectivity index (χ1v) is 10.7. The molecular formula is C22H22F3N3O2S. The predicted octanol–water partition coefficient (Wildman–Crippen LogP) is 5.25. The van der Waals surface area contributed by atoms with Crippen LogP contribution in [0.5, 0.6) is 0 Å². The van der Waals surface area contributed by atoms with E-state index in [0.29, 0.717) is 17.4 Å². The van der Waals surface area contributed by atoms with Crippen molar-refractivity contribution in [2.45, 2.75) is 38.1 Å². The molecule has 1 aliphatic rings. The summed E-state index contributed by atoms with van der Waals surface area (Å²) in [5.41, 5.74) is 0.602. The van der Waals surface area contributed by atoms with Crippen molar-refractivity contribution < 1.29 is 22.8 Å². The van der Waals surface area contributed by atoms with Gasteiger partial charge >= 0.3 is 6.18 Å². The molecule has 0 aromatic heterocycles. The number of rotatable bonds is 6. The van der Waals surface area contributed by atoms with Crippen LogP contribution in [0.15, 0.2) is 53.5 Å². The third-order valence-corrected chi connectivity index (χ3v) is 5.96. The summed E-state index contributed by atoms with van der Waals surface area (Å²) in [5, 5.41) is 2.02. The summed E-state index contributed by atoms with van der Waals surface area (Å²) >= 11 is 1.15. The zero-order valence-electron chi connectivity index (χ0n) is 17.1. The quantitative estimate of drug-likeness (QED) is 0.655. The minimum Gasteiger partial charge on any atom is -0.325 e. The van der Waals surface area contributed by atoms with Crippen molar-refractivity contribution in [3.05, 3.63) is 59.7 Å². The van der Waals surface area contributed by atoms with Gasteiger partial charge in [0.25, 0.3) is 0 Å². The standard InChI is InChI=1S/C22H22F3N3O2S/c1-3-14-9-11-15(12-10-14)26-21-28(4-2)20(30)18(31-21)13-19(29)27-17-8-6-5-7-16(17)22(23,24)25/h5-12,18H,3-4,13H2,1-2H3,(H,27,29)/t18-/m1/s1. The molecule has 0 radical (unpaired) electrons. The summed E-state index contributed by atoms with van der Waals surface area (Å²) in [6.07, 6.45) is -3.94. The number of thioether (sulfide) groups is 1. The number of aliphatic imine (C=N–C) groups is 1. The number of carbonyl (C=O) groups is 2. The molecule has 1 heterocycles. The first-order valence-electron chi connectivity index (χ1n) is 9.84. The van der Waals surface area contributed by atoms with Crippen molar-refractivity contribution in [3.8, 4) is 0 Å². The Labute approximate surface area is 182 Å². The van der Waals surface area contributed by atoms with Gasteiger partial charge < -0.3 is 5.32 Å². The normalized spacial score (nSPS) is 18.0. The van der Waals surface area contributed by atoms with Gasteiger partial charge in [-0.1, -0.05) is 43.0 Å². The van der Waals surface area contributed by atoms with E-state index in [-0.39, 0.29) is 18.0 Å². The average molecular weight is 449 g/mol. The van der Waals surface area contributed by atoms with Gasteiger partial charge in [0.15, 0.2) is 5.17 Å². The number of hydrogen-bond acceptors (Lipinski definition) is 4. The van der Waals surface area contributed by atoms with E-state index in [1.807, 2.05) is 31.2 Å². The highest BCUT2D eigenvalue weighted by atomic mass is 32.2. The second-order valence-electron chi connectivity index (χ2n) is 6.90. The lowest BCUT2D eigenvalue weighted by Gasteiger charge is -2.15. The number of amides is 2. The monoisotopic (exact) mass is 449 g/mol. The molecule has 5 nitrogen and oxygen atoms in total. The van der Waals surface area contributed by atoms with Crippen molar-refractivity contribution in [1.82, 2.24) is 4.90 Å².